The SMILES string of the molecule is CCOc1ccc(NC(=O)CN2C(=O)S/C(=C/c3cc(I)c(OCc4ccc(Cl)c(Cl)c4)c(OC)c3)C2=O)cc1. The number of ether oxygens (including phenoxy) is 3. The van der Waals surface area contributed by atoms with Crippen molar-refractivity contribution in [3.63, 3.8) is 0 Å². The highest BCUT2D eigenvalue weighted by atomic mass is 127. The number of thioether (sulfide) groups is 1. The Morgan fingerprint density at radius 2 is 1.80 bits per heavy atom. The maximum absolute atomic E-state index is 13.0. The van der Waals surface area contributed by atoms with Crippen LogP contribution in [0, 0.1) is 3.57 Å². The van der Waals surface area contributed by atoms with Crippen molar-refractivity contribution >= 4 is 86.4 Å². The summed E-state index contributed by atoms with van der Waals surface area (Å²) in [7, 11) is 1.51. The van der Waals surface area contributed by atoms with Crippen molar-refractivity contribution in [2.24, 2.45) is 0 Å². The van der Waals surface area contributed by atoms with E-state index in [1.807, 2.05) is 13.0 Å². The van der Waals surface area contributed by atoms with Gasteiger partial charge >= 0.3 is 0 Å². The third kappa shape index (κ3) is 7.42. The summed E-state index contributed by atoms with van der Waals surface area (Å²) in [6.07, 6.45) is 1.59. The van der Waals surface area contributed by atoms with Gasteiger partial charge in [0.1, 0.15) is 18.9 Å². The molecule has 0 bridgehead atoms. The smallest absolute Gasteiger partial charge is 0.294 e. The first-order chi connectivity index (χ1) is 19.2. The number of nitrogens with zero attached hydrogens (tertiary/aromatic N) is 1. The van der Waals surface area contributed by atoms with Crippen molar-refractivity contribution in [2.75, 3.05) is 25.6 Å². The van der Waals surface area contributed by atoms with Gasteiger partial charge in [-0.2, -0.15) is 0 Å². The molecule has 40 heavy (non-hydrogen) atoms. The summed E-state index contributed by atoms with van der Waals surface area (Å²) in [5.41, 5.74) is 1.99. The van der Waals surface area contributed by atoms with Gasteiger partial charge in [-0.3, -0.25) is 19.3 Å². The number of carbonyl (C=O) groups is 3. The van der Waals surface area contributed by atoms with Crippen LogP contribution in [-0.4, -0.2) is 42.2 Å². The molecule has 1 heterocycles. The molecule has 1 aliphatic heterocycles. The Labute approximate surface area is 259 Å². The van der Waals surface area contributed by atoms with E-state index in [1.165, 1.54) is 7.11 Å². The molecule has 1 saturated heterocycles. The van der Waals surface area contributed by atoms with E-state index in [9.17, 15) is 14.4 Å². The van der Waals surface area contributed by atoms with Crippen LogP contribution in [0.2, 0.25) is 10.0 Å². The highest BCUT2D eigenvalue weighted by molar-refractivity contribution is 14.1. The second-order valence-corrected chi connectivity index (χ2v) is 11.3. The maximum Gasteiger partial charge on any atom is 0.294 e. The quantitative estimate of drug-likeness (QED) is 0.175. The summed E-state index contributed by atoms with van der Waals surface area (Å²) in [5.74, 6) is 0.602. The van der Waals surface area contributed by atoms with Gasteiger partial charge in [-0.1, -0.05) is 29.3 Å². The largest absolute Gasteiger partial charge is 0.494 e. The van der Waals surface area contributed by atoms with Crippen LogP contribution in [0.5, 0.6) is 17.2 Å². The van der Waals surface area contributed by atoms with Crippen LogP contribution in [0.15, 0.2) is 59.5 Å². The zero-order chi connectivity index (χ0) is 28.8. The lowest BCUT2D eigenvalue weighted by atomic mass is 10.1. The van der Waals surface area contributed by atoms with Gasteiger partial charge in [0, 0.05) is 5.69 Å². The first kappa shape index (κ1) is 30.0. The fourth-order valence-corrected chi connectivity index (χ4v) is 5.62. The predicted molar refractivity (Wildman–Crippen MR) is 165 cm³/mol. The van der Waals surface area contributed by atoms with Crippen LogP contribution in [0.4, 0.5) is 10.5 Å². The van der Waals surface area contributed by atoms with E-state index >= 15 is 0 Å². The minimum Gasteiger partial charge on any atom is -0.494 e. The van der Waals surface area contributed by atoms with E-state index in [-0.39, 0.29) is 11.5 Å². The molecule has 1 aliphatic rings. The van der Waals surface area contributed by atoms with Crippen LogP contribution in [0.1, 0.15) is 18.1 Å². The molecule has 0 aliphatic carbocycles. The molecule has 3 aromatic rings. The molecule has 0 spiro atoms. The Balaban J connectivity index is 1.43. The normalized spacial score (nSPS) is 14.0. The molecule has 208 valence electrons. The third-order valence-electron chi connectivity index (χ3n) is 5.54. The molecule has 3 aromatic carbocycles. The van der Waals surface area contributed by atoms with Crippen molar-refractivity contribution in [1.82, 2.24) is 4.90 Å². The number of benzene rings is 3. The van der Waals surface area contributed by atoms with Gasteiger partial charge in [-0.25, -0.2) is 0 Å². The molecule has 0 unspecified atom stereocenters. The van der Waals surface area contributed by atoms with Gasteiger partial charge in [-0.15, -0.1) is 0 Å². The van der Waals surface area contributed by atoms with Gasteiger partial charge in [0.25, 0.3) is 11.1 Å². The van der Waals surface area contributed by atoms with Crippen molar-refractivity contribution in [1.29, 1.82) is 0 Å². The monoisotopic (exact) mass is 712 g/mol. The van der Waals surface area contributed by atoms with Crippen molar-refractivity contribution < 1.29 is 28.6 Å². The minimum absolute atomic E-state index is 0.196. The van der Waals surface area contributed by atoms with Crippen LogP contribution < -0.4 is 19.5 Å². The molecule has 0 aromatic heterocycles. The molecule has 0 atom stereocenters. The summed E-state index contributed by atoms with van der Waals surface area (Å²) < 4.78 is 17.6. The molecule has 1 N–H and O–H groups in total. The van der Waals surface area contributed by atoms with E-state index in [1.54, 1.807) is 54.6 Å². The molecule has 12 heteroatoms. The Morgan fingerprint density at radius 1 is 1.05 bits per heavy atom. The zero-order valence-electron chi connectivity index (χ0n) is 21.3. The van der Waals surface area contributed by atoms with Crippen LogP contribution in [0.25, 0.3) is 6.08 Å². The van der Waals surface area contributed by atoms with E-state index in [4.69, 9.17) is 37.4 Å². The number of imide groups is 1. The highest BCUT2D eigenvalue weighted by Crippen LogP contribution is 2.38. The van der Waals surface area contributed by atoms with Crippen LogP contribution >= 0.6 is 57.6 Å². The first-order valence-electron chi connectivity index (χ1n) is 11.9. The topological polar surface area (TPSA) is 94.2 Å². The number of amides is 3. The summed E-state index contributed by atoms with van der Waals surface area (Å²) in [5, 5.41) is 3.05. The summed E-state index contributed by atoms with van der Waals surface area (Å²) in [4.78, 5) is 39.2. The fraction of sp³-hybridized carbons (Fsp3) is 0.179. The third-order valence-corrected chi connectivity index (χ3v) is 7.99. The van der Waals surface area contributed by atoms with Gasteiger partial charge < -0.3 is 19.5 Å². The number of methoxy groups -OCH3 is 1. The summed E-state index contributed by atoms with van der Waals surface area (Å²) in [6, 6.07) is 15.6. The Hall–Kier alpha value is -2.93. The molecule has 4 rings (SSSR count). The number of hydrogen-bond donors (Lipinski definition) is 1. The lowest BCUT2D eigenvalue weighted by Gasteiger charge is -2.14. The summed E-state index contributed by atoms with van der Waals surface area (Å²) in [6.45, 7) is 2.24. The molecule has 1 fully saturated rings. The van der Waals surface area contributed by atoms with E-state index in [0.717, 1.165) is 25.8 Å². The Kier molecular flexibility index (Phi) is 10.2. The van der Waals surface area contributed by atoms with Gasteiger partial charge in [0.15, 0.2) is 11.5 Å². The summed E-state index contributed by atoms with van der Waals surface area (Å²) >= 11 is 15.0. The Bertz CT molecular complexity index is 1480. The standard InChI is InChI=1S/C28H23Cl2IN2O6S/c1-3-38-19-7-5-18(6-8-19)32-25(34)14-33-27(35)24(40-28(33)36)13-17-11-22(31)26(23(12-17)37-2)39-15-16-4-9-20(29)21(30)10-16/h4-13H,3,14-15H2,1-2H3,(H,32,34)/b24-13+. The van der Waals surface area contributed by atoms with Gasteiger partial charge in [-0.05, 0) is 107 Å². The average Bonchev–Trinajstić information content (AvgIpc) is 3.18. The molecular formula is C28H23Cl2IN2O6S. The first-order valence-corrected chi connectivity index (χ1v) is 14.6. The molecule has 3 amide bonds. The maximum atomic E-state index is 13.0. The van der Waals surface area contributed by atoms with E-state index in [2.05, 4.69) is 27.9 Å². The van der Waals surface area contributed by atoms with E-state index in [0.29, 0.717) is 45.2 Å². The number of halogens is 3. The lowest BCUT2D eigenvalue weighted by molar-refractivity contribution is -0.127. The number of hydrogen-bond acceptors (Lipinski definition) is 7. The molecule has 8 nitrogen and oxygen atoms in total. The Morgan fingerprint density at radius 3 is 2.48 bits per heavy atom. The number of carbonyl (C=O) groups excluding carboxylic acids is 3. The highest BCUT2D eigenvalue weighted by Gasteiger charge is 2.36. The lowest BCUT2D eigenvalue weighted by Crippen LogP contribution is -2.36. The van der Waals surface area contributed by atoms with Gasteiger partial charge in [0.2, 0.25) is 5.91 Å². The van der Waals surface area contributed by atoms with E-state index < -0.39 is 23.6 Å². The molecular weight excluding hydrogens is 690 g/mol. The van der Waals surface area contributed by atoms with Crippen LogP contribution in [0.3, 0.4) is 0 Å². The number of rotatable bonds is 10. The predicted octanol–water partition coefficient (Wildman–Crippen LogP) is 7.26. The number of anilines is 1. The number of nitrogens with one attached hydrogen (secondary N) is 1. The van der Waals surface area contributed by atoms with Gasteiger partial charge in [0.05, 0.1) is 32.2 Å². The zero-order valence-corrected chi connectivity index (χ0v) is 25.8. The van der Waals surface area contributed by atoms with Crippen molar-refractivity contribution in [2.45, 2.75) is 13.5 Å². The average molecular weight is 713 g/mol. The van der Waals surface area contributed by atoms with Crippen molar-refractivity contribution in [3.05, 3.63) is 84.2 Å². The van der Waals surface area contributed by atoms with Crippen molar-refractivity contribution in [3.8, 4) is 17.2 Å². The second kappa shape index (κ2) is 13.6. The van der Waals surface area contributed by atoms with Crippen LogP contribution in [-0.2, 0) is 16.2 Å². The fourth-order valence-electron chi connectivity index (χ4n) is 3.68. The molecule has 0 saturated carbocycles. The minimum atomic E-state index is -0.550. The molecule has 0 radical (unpaired) electrons. The second-order valence-electron chi connectivity index (χ2n) is 8.34.